The number of hydrogen-bond donors (Lipinski definition) is 2. The molecule has 0 aliphatic heterocycles. The van der Waals surface area contributed by atoms with E-state index in [0.29, 0.717) is 17.1 Å². The number of hydrogen-bond acceptors (Lipinski definition) is 4. The first-order chi connectivity index (χ1) is 8.80. The number of nitrogens with zero attached hydrogens (tertiary/aromatic N) is 1. The fourth-order valence-corrected chi connectivity index (χ4v) is 2.82. The van der Waals surface area contributed by atoms with Crippen LogP contribution in [0.5, 0.6) is 0 Å². The van der Waals surface area contributed by atoms with Crippen LogP contribution in [0.3, 0.4) is 0 Å². The van der Waals surface area contributed by atoms with Crippen LogP contribution in [0.1, 0.15) is 17.9 Å². The van der Waals surface area contributed by atoms with Crippen molar-refractivity contribution in [2.45, 2.75) is 12.2 Å². The Morgan fingerprint density at radius 1 is 1.42 bits per heavy atom. The molecule has 0 saturated heterocycles. The van der Waals surface area contributed by atoms with E-state index in [1.807, 2.05) is 24.3 Å². The van der Waals surface area contributed by atoms with Gasteiger partial charge in [0.15, 0.2) is 15.7 Å². The number of aromatic amines is 1. The van der Waals surface area contributed by atoms with Gasteiger partial charge in [0.2, 0.25) is 0 Å². The Balaban J connectivity index is 2.62. The highest BCUT2D eigenvalue weighted by molar-refractivity contribution is 9.10. The zero-order valence-corrected chi connectivity index (χ0v) is 12.9. The molecule has 2 rings (SSSR count). The van der Waals surface area contributed by atoms with E-state index in [1.165, 1.54) is 6.26 Å². The number of halogens is 1. The Kier molecular flexibility index (Phi) is 3.69. The summed E-state index contributed by atoms with van der Waals surface area (Å²) in [6.45, 7) is 1.61. The van der Waals surface area contributed by atoms with Crippen LogP contribution in [0, 0.1) is 0 Å². The number of nitrogens with one attached hydrogen (secondary N) is 1. The zero-order valence-electron chi connectivity index (χ0n) is 10.5. The second kappa shape index (κ2) is 4.97. The van der Waals surface area contributed by atoms with E-state index in [1.54, 1.807) is 6.92 Å². The Bertz CT molecular complexity index is 710. The van der Waals surface area contributed by atoms with Gasteiger partial charge in [-0.3, -0.25) is 5.10 Å². The summed E-state index contributed by atoms with van der Waals surface area (Å²) >= 11 is 3.38. The van der Waals surface area contributed by atoms with Gasteiger partial charge in [0.05, 0.1) is 5.69 Å². The van der Waals surface area contributed by atoms with E-state index < -0.39 is 15.1 Å². The van der Waals surface area contributed by atoms with E-state index >= 15 is 0 Å². The first-order valence-corrected chi connectivity index (χ1v) is 8.34. The molecule has 7 heteroatoms. The van der Waals surface area contributed by atoms with Crippen LogP contribution in [0.15, 0.2) is 28.7 Å². The summed E-state index contributed by atoms with van der Waals surface area (Å²) in [7, 11) is -3.22. The van der Waals surface area contributed by atoms with Crippen LogP contribution in [0.2, 0.25) is 0 Å². The average Bonchev–Trinajstić information content (AvgIpc) is 2.68. The third kappa shape index (κ3) is 2.82. The second-order valence-electron chi connectivity index (χ2n) is 4.38. The molecule has 5 nitrogen and oxygen atoms in total. The molecule has 3 N–H and O–H groups in total. The van der Waals surface area contributed by atoms with Gasteiger partial charge < -0.3 is 5.73 Å². The molecule has 19 heavy (non-hydrogen) atoms. The summed E-state index contributed by atoms with van der Waals surface area (Å²) in [4.78, 5) is 0. The number of anilines is 1. The van der Waals surface area contributed by atoms with Crippen LogP contribution >= 0.6 is 15.9 Å². The van der Waals surface area contributed by atoms with Crippen LogP contribution < -0.4 is 5.73 Å². The van der Waals surface area contributed by atoms with Crippen molar-refractivity contribution < 1.29 is 8.42 Å². The monoisotopic (exact) mass is 343 g/mol. The first kappa shape index (κ1) is 14.1. The lowest BCUT2D eigenvalue weighted by Gasteiger charge is -2.10. The lowest BCUT2D eigenvalue weighted by molar-refractivity contribution is 0.591. The van der Waals surface area contributed by atoms with Crippen molar-refractivity contribution in [2.75, 3.05) is 12.0 Å². The normalized spacial score (nSPS) is 13.4. The molecule has 0 aliphatic carbocycles. The molecule has 1 atom stereocenters. The molecule has 0 saturated carbocycles. The molecule has 0 aliphatic rings. The van der Waals surface area contributed by atoms with Crippen molar-refractivity contribution in [1.82, 2.24) is 10.2 Å². The van der Waals surface area contributed by atoms with Crippen molar-refractivity contribution in [3.8, 4) is 11.1 Å². The summed E-state index contributed by atoms with van der Waals surface area (Å²) in [6, 6.07) is 7.49. The molecule has 1 unspecified atom stereocenters. The molecular formula is C12H14BrN3O2S. The number of rotatable bonds is 3. The number of aromatic nitrogens is 2. The standard InChI is InChI=1S/C12H14BrN3O2S/c1-7(19(2,17)18)11-10(12(14)16-15-11)8-4-3-5-9(13)6-8/h3-7H,1-2H3,(H3,14,15,16). The van der Waals surface area contributed by atoms with Gasteiger partial charge >= 0.3 is 0 Å². The molecule has 0 spiro atoms. The molecule has 102 valence electrons. The summed E-state index contributed by atoms with van der Waals surface area (Å²) < 4.78 is 24.3. The molecule has 0 radical (unpaired) electrons. The largest absolute Gasteiger partial charge is 0.382 e. The second-order valence-corrected chi connectivity index (χ2v) is 7.66. The van der Waals surface area contributed by atoms with Crippen molar-refractivity contribution in [3.05, 3.63) is 34.4 Å². The molecule has 0 bridgehead atoms. The number of H-pyrrole nitrogens is 1. The summed E-state index contributed by atoms with van der Waals surface area (Å²) in [5.74, 6) is 0.295. The summed E-state index contributed by atoms with van der Waals surface area (Å²) in [5.41, 5.74) is 7.83. The summed E-state index contributed by atoms with van der Waals surface area (Å²) in [6.07, 6.45) is 1.19. The lowest BCUT2D eigenvalue weighted by atomic mass is 10.0. The van der Waals surface area contributed by atoms with E-state index in [-0.39, 0.29) is 0 Å². The number of benzene rings is 1. The fraction of sp³-hybridized carbons (Fsp3) is 0.250. The van der Waals surface area contributed by atoms with Crippen molar-refractivity contribution >= 4 is 31.6 Å². The quantitative estimate of drug-likeness (QED) is 0.895. The smallest absolute Gasteiger partial charge is 0.155 e. The van der Waals surface area contributed by atoms with Crippen LogP contribution in [-0.2, 0) is 9.84 Å². The number of sulfone groups is 1. The highest BCUT2D eigenvalue weighted by Gasteiger charge is 2.25. The van der Waals surface area contributed by atoms with E-state index in [9.17, 15) is 8.42 Å². The van der Waals surface area contributed by atoms with Crippen molar-refractivity contribution in [1.29, 1.82) is 0 Å². The maximum atomic E-state index is 11.7. The van der Waals surface area contributed by atoms with E-state index in [2.05, 4.69) is 26.1 Å². The Hall–Kier alpha value is -1.34. The lowest BCUT2D eigenvalue weighted by Crippen LogP contribution is -2.09. The third-order valence-corrected chi connectivity index (χ3v) is 5.00. The maximum Gasteiger partial charge on any atom is 0.155 e. The van der Waals surface area contributed by atoms with Crippen molar-refractivity contribution in [2.24, 2.45) is 0 Å². The Morgan fingerprint density at radius 2 is 2.11 bits per heavy atom. The highest BCUT2D eigenvalue weighted by atomic mass is 79.9. The highest BCUT2D eigenvalue weighted by Crippen LogP contribution is 2.35. The van der Waals surface area contributed by atoms with Crippen LogP contribution in [0.4, 0.5) is 5.82 Å². The Morgan fingerprint density at radius 3 is 2.68 bits per heavy atom. The minimum absolute atomic E-state index is 0.295. The predicted octanol–water partition coefficient (Wildman–Crippen LogP) is 2.53. The minimum atomic E-state index is -3.22. The van der Waals surface area contributed by atoms with Gasteiger partial charge in [0.1, 0.15) is 5.25 Å². The molecule has 0 fully saturated rings. The topological polar surface area (TPSA) is 88.8 Å². The summed E-state index contributed by atoms with van der Waals surface area (Å²) in [5, 5.41) is 5.97. The molecule has 2 aromatic rings. The van der Waals surface area contributed by atoms with Crippen LogP contribution in [-0.4, -0.2) is 24.9 Å². The fourth-order valence-electron chi connectivity index (χ4n) is 1.83. The number of nitrogens with two attached hydrogens (primary N) is 1. The predicted molar refractivity (Wildman–Crippen MR) is 79.4 cm³/mol. The Labute approximate surface area is 120 Å². The van der Waals surface area contributed by atoms with E-state index in [4.69, 9.17) is 5.73 Å². The minimum Gasteiger partial charge on any atom is -0.382 e. The maximum absolute atomic E-state index is 11.7. The average molecular weight is 344 g/mol. The molecule has 1 aromatic heterocycles. The van der Waals surface area contributed by atoms with Crippen molar-refractivity contribution in [3.63, 3.8) is 0 Å². The SMILES string of the molecule is CC(c1[nH]nc(N)c1-c1cccc(Br)c1)S(C)(=O)=O. The van der Waals surface area contributed by atoms with Gasteiger partial charge in [0, 0.05) is 16.3 Å². The van der Waals surface area contributed by atoms with Gasteiger partial charge in [-0.05, 0) is 24.6 Å². The van der Waals surface area contributed by atoms with Gasteiger partial charge in [-0.25, -0.2) is 8.42 Å². The van der Waals surface area contributed by atoms with Gasteiger partial charge in [-0.2, -0.15) is 5.10 Å². The van der Waals surface area contributed by atoms with Gasteiger partial charge in [-0.15, -0.1) is 0 Å². The van der Waals surface area contributed by atoms with Crippen LogP contribution in [0.25, 0.3) is 11.1 Å². The van der Waals surface area contributed by atoms with Gasteiger partial charge in [0.25, 0.3) is 0 Å². The molecule has 1 heterocycles. The molecular weight excluding hydrogens is 330 g/mol. The zero-order chi connectivity index (χ0) is 14.2. The van der Waals surface area contributed by atoms with E-state index in [0.717, 1.165) is 10.0 Å². The molecule has 0 amide bonds. The number of nitrogen functional groups attached to an aromatic ring is 1. The molecule has 1 aromatic carbocycles. The first-order valence-electron chi connectivity index (χ1n) is 5.59. The third-order valence-electron chi connectivity index (χ3n) is 2.98. The van der Waals surface area contributed by atoms with Gasteiger partial charge in [-0.1, -0.05) is 28.1 Å².